The predicted octanol–water partition coefficient (Wildman–Crippen LogP) is 3.07. The van der Waals surface area contributed by atoms with Gasteiger partial charge in [-0.2, -0.15) is 0 Å². The van der Waals surface area contributed by atoms with Crippen molar-refractivity contribution >= 4 is 12.0 Å². The van der Waals surface area contributed by atoms with Gasteiger partial charge in [0.25, 0.3) is 0 Å². The van der Waals surface area contributed by atoms with Gasteiger partial charge in [0.2, 0.25) is 5.95 Å². The van der Waals surface area contributed by atoms with E-state index in [2.05, 4.69) is 25.1 Å². The van der Waals surface area contributed by atoms with Crippen LogP contribution in [0.4, 0.5) is 10.7 Å². The van der Waals surface area contributed by atoms with Crippen LogP contribution in [-0.2, 0) is 4.74 Å². The zero-order valence-electron chi connectivity index (χ0n) is 17.6. The third-order valence-corrected chi connectivity index (χ3v) is 5.63. The van der Waals surface area contributed by atoms with Crippen LogP contribution in [0.3, 0.4) is 0 Å². The standard InChI is InChI=1S/C21H35N5O2/c1-21(2,3)28-20(27)24-18-7-5-17(6-8-18)9-12-25-13-15-26(16-14-25)19-22-10-4-11-23-19/h4,10-11,17-18H,5-9,12-16H2,1-3H3,(H,24,27)/t17-,18-. The Hall–Kier alpha value is -1.89. The van der Waals surface area contributed by atoms with E-state index in [-0.39, 0.29) is 12.1 Å². The molecule has 0 spiro atoms. The third-order valence-electron chi connectivity index (χ3n) is 5.63. The highest BCUT2D eigenvalue weighted by molar-refractivity contribution is 5.68. The molecule has 1 aliphatic carbocycles. The first-order valence-electron chi connectivity index (χ1n) is 10.6. The first-order valence-corrected chi connectivity index (χ1v) is 10.6. The molecule has 28 heavy (non-hydrogen) atoms. The quantitative estimate of drug-likeness (QED) is 0.835. The Morgan fingerprint density at radius 1 is 1.11 bits per heavy atom. The molecule has 1 aliphatic heterocycles. The molecule has 0 aromatic carbocycles. The van der Waals surface area contributed by atoms with Gasteiger partial charge < -0.3 is 15.0 Å². The molecular weight excluding hydrogens is 354 g/mol. The van der Waals surface area contributed by atoms with Gasteiger partial charge in [0, 0.05) is 44.6 Å². The molecule has 0 unspecified atom stereocenters. The molecule has 0 atom stereocenters. The van der Waals surface area contributed by atoms with Crippen molar-refractivity contribution in [2.45, 2.75) is 64.5 Å². The highest BCUT2D eigenvalue weighted by Gasteiger charge is 2.25. The lowest BCUT2D eigenvalue weighted by atomic mass is 9.84. The Labute approximate surface area is 168 Å². The van der Waals surface area contributed by atoms with E-state index in [1.807, 2.05) is 39.2 Å². The van der Waals surface area contributed by atoms with Gasteiger partial charge in [0.05, 0.1) is 0 Å². The molecule has 1 saturated carbocycles. The van der Waals surface area contributed by atoms with Crippen molar-refractivity contribution in [3.05, 3.63) is 18.5 Å². The second kappa shape index (κ2) is 9.54. The second-order valence-corrected chi connectivity index (χ2v) is 9.03. The molecule has 156 valence electrons. The Balaban J connectivity index is 1.30. The van der Waals surface area contributed by atoms with E-state index in [9.17, 15) is 4.79 Å². The first-order chi connectivity index (χ1) is 13.4. The van der Waals surface area contributed by atoms with Crippen LogP contribution in [0.2, 0.25) is 0 Å². The normalized spacial score (nSPS) is 24.0. The van der Waals surface area contributed by atoms with Crippen LogP contribution in [0.25, 0.3) is 0 Å². The van der Waals surface area contributed by atoms with E-state index in [1.165, 1.54) is 19.3 Å². The highest BCUT2D eigenvalue weighted by atomic mass is 16.6. The fraction of sp³-hybridized carbons (Fsp3) is 0.762. The summed E-state index contributed by atoms with van der Waals surface area (Å²) in [6.45, 7) is 11.0. The van der Waals surface area contributed by atoms with Crippen LogP contribution in [0.5, 0.6) is 0 Å². The summed E-state index contributed by atoms with van der Waals surface area (Å²) in [7, 11) is 0. The monoisotopic (exact) mass is 389 g/mol. The van der Waals surface area contributed by atoms with E-state index in [4.69, 9.17) is 4.74 Å². The van der Waals surface area contributed by atoms with Gasteiger partial charge >= 0.3 is 6.09 Å². The Morgan fingerprint density at radius 2 is 1.75 bits per heavy atom. The molecule has 1 N–H and O–H groups in total. The van der Waals surface area contributed by atoms with Crippen molar-refractivity contribution in [2.75, 3.05) is 37.6 Å². The van der Waals surface area contributed by atoms with E-state index in [0.29, 0.717) is 0 Å². The Kier molecular flexibility index (Phi) is 7.10. The molecule has 1 saturated heterocycles. The first kappa shape index (κ1) is 20.8. The molecule has 2 fully saturated rings. The van der Waals surface area contributed by atoms with Gasteiger partial charge in [0.1, 0.15) is 5.60 Å². The molecule has 1 amide bonds. The third kappa shape index (κ3) is 6.62. The SMILES string of the molecule is CC(C)(C)OC(=O)N[C@H]1CC[C@H](CCN2CCN(c3ncccn3)CC2)CC1. The number of nitrogens with one attached hydrogen (secondary N) is 1. The molecule has 1 aromatic heterocycles. The van der Waals surface area contributed by atoms with Crippen molar-refractivity contribution < 1.29 is 9.53 Å². The van der Waals surface area contributed by atoms with Crippen molar-refractivity contribution in [3.8, 4) is 0 Å². The molecule has 0 bridgehead atoms. The lowest BCUT2D eigenvalue weighted by Gasteiger charge is -2.36. The van der Waals surface area contributed by atoms with Crippen LogP contribution in [0.15, 0.2) is 18.5 Å². The molecule has 0 radical (unpaired) electrons. The average molecular weight is 390 g/mol. The van der Waals surface area contributed by atoms with Crippen LogP contribution < -0.4 is 10.2 Å². The fourth-order valence-corrected chi connectivity index (χ4v) is 4.06. The van der Waals surface area contributed by atoms with Gasteiger partial charge in [-0.3, -0.25) is 4.90 Å². The van der Waals surface area contributed by atoms with Crippen LogP contribution in [0, 0.1) is 5.92 Å². The number of hydrogen-bond donors (Lipinski definition) is 1. The number of carbonyl (C=O) groups excluding carboxylic acids is 1. The summed E-state index contributed by atoms with van der Waals surface area (Å²) in [6.07, 6.45) is 9.09. The van der Waals surface area contributed by atoms with Gasteiger partial charge in [-0.1, -0.05) is 0 Å². The number of ether oxygens (including phenoxy) is 1. The maximum Gasteiger partial charge on any atom is 0.407 e. The number of anilines is 1. The highest BCUT2D eigenvalue weighted by Crippen LogP contribution is 2.27. The molecule has 2 heterocycles. The van der Waals surface area contributed by atoms with Crippen LogP contribution >= 0.6 is 0 Å². The molecule has 1 aromatic rings. The van der Waals surface area contributed by atoms with Gasteiger partial charge in [0.15, 0.2) is 0 Å². The zero-order valence-corrected chi connectivity index (χ0v) is 17.6. The maximum atomic E-state index is 11.9. The van der Waals surface area contributed by atoms with Gasteiger partial charge in [-0.05, 0) is 71.4 Å². The largest absolute Gasteiger partial charge is 0.444 e. The minimum absolute atomic E-state index is 0.264. The number of piperazine rings is 1. The molecular formula is C21H35N5O2. The lowest BCUT2D eigenvalue weighted by molar-refractivity contribution is 0.0486. The number of hydrogen-bond acceptors (Lipinski definition) is 6. The Morgan fingerprint density at radius 3 is 2.36 bits per heavy atom. The summed E-state index contributed by atoms with van der Waals surface area (Å²) in [6, 6.07) is 2.12. The minimum Gasteiger partial charge on any atom is -0.444 e. The maximum absolute atomic E-state index is 11.9. The van der Waals surface area contributed by atoms with Crippen LogP contribution in [-0.4, -0.2) is 65.3 Å². The van der Waals surface area contributed by atoms with E-state index in [0.717, 1.165) is 57.4 Å². The number of rotatable bonds is 5. The number of amides is 1. The fourth-order valence-electron chi connectivity index (χ4n) is 4.06. The zero-order chi connectivity index (χ0) is 20.0. The number of nitrogens with zero attached hydrogens (tertiary/aromatic N) is 4. The van der Waals surface area contributed by atoms with Crippen LogP contribution in [0.1, 0.15) is 52.9 Å². The van der Waals surface area contributed by atoms with Gasteiger partial charge in [-0.15, -0.1) is 0 Å². The summed E-state index contributed by atoms with van der Waals surface area (Å²) in [5.41, 5.74) is -0.433. The van der Waals surface area contributed by atoms with Crippen molar-refractivity contribution in [3.63, 3.8) is 0 Å². The van der Waals surface area contributed by atoms with E-state index >= 15 is 0 Å². The van der Waals surface area contributed by atoms with E-state index < -0.39 is 5.60 Å². The molecule has 3 rings (SSSR count). The number of alkyl carbamates (subject to hydrolysis) is 1. The summed E-state index contributed by atoms with van der Waals surface area (Å²) in [4.78, 5) is 25.4. The summed E-state index contributed by atoms with van der Waals surface area (Å²) < 4.78 is 5.37. The predicted molar refractivity (Wildman–Crippen MR) is 110 cm³/mol. The summed E-state index contributed by atoms with van der Waals surface area (Å²) in [5, 5.41) is 3.03. The average Bonchev–Trinajstić information content (AvgIpc) is 2.67. The number of aromatic nitrogens is 2. The topological polar surface area (TPSA) is 70.6 Å². The number of carbonyl (C=O) groups is 1. The molecule has 7 nitrogen and oxygen atoms in total. The van der Waals surface area contributed by atoms with E-state index in [1.54, 1.807) is 0 Å². The Bertz CT molecular complexity index is 603. The van der Waals surface area contributed by atoms with Gasteiger partial charge in [-0.25, -0.2) is 14.8 Å². The van der Waals surface area contributed by atoms with Crippen molar-refractivity contribution in [1.29, 1.82) is 0 Å². The lowest BCUT2D eigenvalue weighted by Crippen LogP contribution is -2.47. The van der Waals surface area contributed by atoms with Crippen molar-refractivity contribution in [2.24, 2.45) is 5.92 Å². The summed E-state index contributed by atoms with van der Waals surface area (Å²) >= 11 is 0. The van der Waals surface area contributed by atoms with Crippen molar-refractivity contribution in [1.82, 2.24) is 20.2 Å². The molecule has 7 heteroatoms. The minimum atomic E-state index is -0.433. The molecule has 2 aliphatic rings. The smallest absolute Gasteiger partial charge is 0.407 e. The second-order valence-electron chi connectivity index (χ2n) is 9.03. The summed E-state index contributed by atoms with van der Waals surface area (Å²) in [5.74, 6) is 1.62.